The van der Waals surface area contributed by atoms with Crippen LogP contribution in [-0.2, 0) is 0 Å². The van der Waals surface area contributed by atoms with E-state index in [9.17, 15) is 0 Å². The highest BCUT2D eigenvalue weighted by atomic mass is 32.1. The van der Waals surface area contributed by atoms with Gasteiger partial charge in [-0.15, -0.1) is 0 Å². The quantitative estimate of drug-likeness (QED) is 0.724. The van der Waals surface area contributed by atoms with Gasteiger partial charge in [0.05, 0.1) is 16.3 Å². The number of nitrogens with two attached hydrogens (primary N) is 1. The fourth-order valence-corrected chi connectivity index (χ4v) is 4.20. The average molecular weight is 366 g/mol. The van der Waals surface area contributed by atoms with Crippen LogP contribution in [0, 0.1) is 17.2 Å². The zero-order valence-corrected chi connectivity index (χ0v) is 14.9. The minimum atomic E-state index is 0.400. The lowest BCUT2D eigenvalue weighted by atomic mass is 9.96. The van der Waals surface area contributed by atoms with Crippen LogP contribution in [-0.4, -0.2) is 33.0 Å². The highest BCUT2D eigenvalue weighted by Crippen LogP contribution is 2.35. The molecule has 0 spiro atoms. The molecule has 0 bridgehead atoms. The third-order valence-electron chi connectivity index (χ3n) is 4.40. The SMILES string of the molecule is N#CCC1CCCN(c2nc3ccnc(Nc4cc(N)ncn4)c3s2)C1. The summed E-state index contributed by atoms with van der Waals surface area (Å²) in [5, 5.41) is 13.1. The van der Waals surface area contributed by atoms with E-state index in [0.29, 0.717) is 29.8 Å². The molecule has 4 rings (SSSR count). The van der Waals surface area contributed by atoms with E-state index < -0.39 is 0 Å². The van der Waals surface area contributed by atoms with Gasteiger partial charge < -0.3 is 16.0 Å². The number of hydrogen-bond acceptors (Lipinski definition) is 9. The molecule has 1 unspecified atom stereocenters. The van der Waals surface area contributed by atoms with E-state index in [0.717, 1.165) is 41.3 Å². The normalized spacial score (nSPS) is 17.2. The van der Waals surface area contributed by atoms with Gasteiger partial charge >= 0.3 is 0 Å². The fourth-order valence-electron chi connectivity index (χ4n) is 3.16. The van der Waals surface area contributed by atoms with Crippen LogP contribution in [0.5, 0.6) is 0 Å². The summed E-state index contributed by atoms with van der Waals surface area (Å²) < 4.78 is 0.974. The largest absolute Gasteiger partial charge is 0.384 e. The molecule has 3 N–H and O–H groups in total. The van der Waals surface area contributed by atoms with E-state index >= 15 is 0 Å². The first-order chi connectivity index (χ1) is 12.7. The lowest BCUT2D eigenvalue weighted by molar-refractivity contribution is 0.422. The molecule has 3 aromatic heterocycles. The number of nitrogen functional groups attached to an aromatic ring is 1. The minimum Gasteiger partial charge on any atom is -0.384 e. The van der Waals surface area contributed by atoms with Gasteiger partial charge in [0.15, 0.2) is 10.9 Å². The van der Waals surface area contributed by atoms with Gasteiger partial charge in [0.25, 0.3) is 0 Å². The van der Waals surface area contributed by atoms with E-state index in [1.807, 2.05) is 6.07 Å². The first-order valence-electron chi connectivity index (χ1n) is 8.45. The molecule has 0 aromatic carbocycles. The molecule has 3 aromatic rings. The molecule has 1 saturated heterocycles. The molecule has 26 heavy (non-hydrogen) atoms. The summed E-state index contributed by atoms with van der Waals surface area (Å²) in [4.78, 5) is 19.6. The van der Waals surface area contributed by atoms with Crippen molar-refractivity contribution in [1.29, 1.82) is 5.26 Å². The molecule has 0 aliphatic carbocycles. The third-order valence-corrected chi connectivity index (χ3v) is 5.54. The van der Waals surface area contributed by atoms with Gasteiger partial charge in [-0.25, -0.2) is 19.9 Å². The van der Waals surface area contributed by atoms with Crippen molar-refractivity contribution < 1.29 is 0 Å². The molecule has 1 fully saturated rings. The van der Waals surface area contributed by atoms with Crippen molar-refractivity contribution in [3.8, 4) is 6.07 Å². The molecule has 9 heteroatoms. The van der Waals surface area contributed by atoms with Crippen LogP contribution in [0.3, 0.4) is 0 Å². The van der Waals surface area contributed by atoms with Gasteiger partial charge in [-0.1, -0.05) is 11.3 Å². The summed E-state index contributed by atoms with van der Waals surface area (Å²) in [5.74, 6) is 2.12. The van der Waals surface area contributed by atoms with E-state index in [1.165, 1.54) is 6.33 Å². The van der Waals surface area contributed by atoms with Gasteiger partial charge in [0, 0.05) is 31.8 Å². The molecule has 1 atom stereocenters. The van der Waals surface area contributed by atoms with Crippen molar-refractivity contribution in [2.24, 2.45) is 5.92 Å². The van der Waals surface area contributed by atoms with Crippen molar-refractivity contribution in [1.82, 2.24) is 19.9 Å². The molecule has 0 amide bonds. The van der Waals surface area contributed by atoms with Crippen LogP contribution < -0.4 is 16.0 Å². The number of nitrogens with one attached hydrogen (secondary N) is 1. The molecule has 1 aliphatic heterocycles. The zero-order chi connectivity index (χ0) is 17.9. The highest BCUT2D eigenvalue weighted by Gasteiger charge is 2.23. The van der Waals surface area contributed by atoms with Crippen LogP contribution in [0.1, 0.15) is 19.3 Å². The molecule has 0 saturated carbocycles. The Labute approximate surface area is 154 Å². The van der Waals surface area contributed by atoms with E-state index in [2.05, 4.69) is 31.2 Å². The Hall–Kier alpha value is -2.99. The number of hydrogen-bond donors (Lipinski definition) is 2. The van der Waals surface area contributed by atoms with E-state index in [1.54, 1.807) is 23.6 Å². The van der Waals surface area contributed by atoms with Crippen molar-refractivity contribution in [3.05, 3.63) is 24.7 Å². The number of anilines is 4. The maximum absolute atomic E-state index is 8.97. The molecular formula is C17H18N8S. The second-order valence-corrected chi connectivity index (χ2v) is 7.25. The van der Waals surface area contributed by atoms with Crippen LogP contribution in [0.4, 0.5) is 22.6 Å². The topological polar surface area (TPSA) is 117 Å². The number of thiazole rings is 1. The standard InChI is InChI=1S/C17H18N8S/c18-5-3-11-2-1-7-25(9-11)17-23-12-4-6-20-16(15(12)26-17)24-14-8-13(19)21-10-22-14/h4,6,8,10-11H,1-3,7,9H2,(H3,19,20,21,22,24). The number of aromatic nitrogens is 4. The number of piperidine rings is 1. The molecule has 1 aliphatic rings. The third kappa shape index (κ3) is 3.36. The smallest absolute Gasteiger partial charge is 0.186 e. The maximum Gasteiger partial charge on any atom is 0.186 e. The fraction of sp³-hybridized carbons (Fsp3) is 0.353. The monoisotopic (exact) mass is 366 g/mol. The van der Waals surface area contributed by atoms with Crippen molar-refractivity contribution >= 4 is 44.1 Å². The van der Waals surface area contributed by atoms with Gasteiger partial charge in [-0.3, -0.25) is 0 Å². The second kappa shape index (κ2) is 7.09. The van der Waals surface area contributed by atoms with Crippen LogP contribution in [0.15, 0.2) is 24.7 Å². The first kappa shape index (κ1) is 16.5. The molecule has 8 nitrogen and oxygen atoms in total. The molecule has 4 heterocycles. The Morgan fingerprint density at radius 2 is 2.31 bits per heavy atom. The first-order valence-corrected chi connectivity index (χ1v) is 9.26. The molecular weight excluding hydrogens is 348 g/mol. The van der Waals surface area contributed by atoms with E-state index in [-0.39, 0.29) is 0 Å². The Balaban J connectivity index is 1.62. The number of nitrogens with zero attached hydrogens (tertiary/aromatic N) is 6. The Morgan fingerprint density at radius 1 is 1.38 bits per heavy atom. The Bertz CT molecular complexity index is 963. The minimum absolute atomic E-state index is 0.400. The number of fused-ring (bicyclic) bond motifs is 1. The lowest BCUT2D eigenvalue weighted by Gasteiger charge is -2.31. The Morgan fingerprint density at radius 3 is 3.15 bits per heavy atom. The molecule has 0 radical (unpaired) electrons. The second-order valence-electron chi connectivity index (χ2n) is 6.27. The highest BCUT2D eigenvalue weighted by molar-refractivity contribution is 7.22. The average Bonchev–Trinajstić information content (AvgIpc) is 3.08. The van der Waals surface area contributed by atoms with E-state index in [4.69, 9.17) is 16.0 Å². The van der Waals surface area contributed by atoms with Crippen molar-refractivity contribution in [2.45, 2.75) is 19.3 Å². The van der Waals surface area contributed by atoms with Crippen molar-refractivity contribution in [3.63, 3.8) is 0 Å². The predicted molar refractivity (Wildman–Crippen MR) is 102 cm³/mol. The molecule has 132 valence electrons. The number of rotatable bonds is 4. The van der Waals surface area contributed by atoms with Crippen molar-refractivity contribution in [2.75, 3.05) is 29.0 Å². The van der Waals surface area contributed by atoms with Gasteiger partial charge in [-0.2, -0.15) is 5.26 Å². The predicted octanol–water partition coefficient (Wildman–Crippen LogP) is 2.94. The summed E-state index contributed by atoms with van der Waals surface area (Å²) in [6.45, 7) is 1.85. The maximum atomic E-state index is 8.97. The van der Waals surface area contributed by atoms with Crippen LogP contribution in [0.2, 0.25) is 0 Å². The summed E-state index contributed by atoms with van der Waals surface area (Å²) in [5.41, 5.74) is 6.61. The summed E-state index contributed by atoms with van der Waals surface area (Å²) in [7, 11) is 0. The Kier molecular flexibility index (Phi) is 4.50. The number of pyridine rings is 1. The zero-order valence-electron chi connectivity index (χ0n) is 14.1. The van der Waals surface area contributed by atoms with Gasteiger partial charge in [0.2, 0.25) is 0 Å². The van der Waals surface area contributed by atoms with Gasteiger partial charge in [0.1, 0.15) is 18.0 Å². The lowest BCUT2D eigenvalue weighted by Crippen LogP contribution is -2.35. The van der Waals surface area contributed by atoms with Crippen LogP contribution in [0.25, 0.3) is 10.2 Å². The van der Waals surface area contributed by atoms with Gasteiger partial charge in [-0.05, 0) is 24.8 Å². The number of nitriles is 1. The summed E-state index contributed by atoms with van der Waals surface area (Å²) in [6.07, 6.45) is 5.95. The van der Waals surface area contributed by atoms with Crippen LogP contribution >= 0.6 is 11.3 Å². The summed E-state index contributed by atoms with van der Waals surface area (Å²) in [6, 6.07) is 5.87. The summed E-state index contributed by atoms with van der Waals surface area (Å²) >= 11 is 1.61.